The van der Waals surface area contributed by atoms with Crippen molar-refractivity contribution in [2.45, 2.75) is 13.3 Å². The average molecular weight is 230 g/mol. The number of benzene rings is 1. The first kappa shape index (κ1) is 11.7. The van der Waals surface area contributed by atoms with E-state index in [2.05, 4.69) is 24.6 Å². The summed E-state index contributed by atoms with van der Waals surface area (Å²) in [6.07, 6.45) is 3.30. The molecule has 0 bridgehead atoms. The van der Waals surface area contributed by atoms with Gasteiger partial charge in [0.2, 0.25) is 0 Å². The Morgan fingerprint density at radius 3 is 2.93 bits per heavy atom. The number of aryl methyl sites for hydroxylation is 1. The Labute approximate surface area is 95.2 Å². The van der Waals surface area contributed by atoms with Crippen molar-refractivity contribution in [1.82, 2.24) is 0 Å². The van der Waals surface area contributed by atoms with Crippen LogP contribution in [0.3, 0.4) is 0 Å². The molecule has 0 aromatic heterocycles. The SMILES string of the molecule is CSCCCNc1cc(C)ccc1Cl. The highest BCUT2D eigenvalue weighted by Gasteiger charge is 1.98. The third kappa shape index (κ3) is 3.81. The molecule has 1 aromatic rings. The van der Waals surface area contributed by atoms with Crippen molar-refractivity contribution >= 4 is 29.1 Å². The smallest absolute Gasteiger partial charge is 0.0637 e. The molecule has 78 valence electrons. The lowest BCUT2D eigenvalue weighted by molar-refractivity contribution is 0.993. The maximum absolute atomic E-state index is 6.04. The molecular formula is C11H16ClNS. The van der Waals surface area contributed by atoms with Gasteiger partial charge in [-0.3, -0.25) is 0 Å². The van der Waals surface area contributed by atoms with Crippen molar-refractivity contribution in [3.05, 3.63) is 28.8 Å². The summed E-state index contributed by atoms with van der Waals surface area (Å²) in [6.45, 7) is 3.06. The first-order valence-electron chi connectivity index (χ1n) is 4.73. The quantitative estimate of drug-likeness (QED) is 0.771. The lowest BCUT2D eigenvalue weighted by Gasteiger charge is -2.08. The standard InChI is InChI=1S/C11H16ClNS/c1-9-4-5-10(12)11(8-9)13-6-3-7-14-2/h4-5,8,13H,3,6-7H2,1-2H3. The van der Waals surface area contributed by atoms with E-state index < -0.39 is 0 Å². The van der Waals surface area contributed by atoms with Crippen molar-refractivity contribution in [3.63, 3.8) is 0 Å². The molecule has 0 heterocycles. The predicted octanol–water partition coefficient (Wildman–Crippen LogP) is 3.81. The van der Waals surface area contributed by atoms with E-state index in [0.29, 0.717) is 0 Å². The lowest BCUT2D eigenvalue weighted by Crippen LogP contribution is -2.03. The van der Waals surface area contributed by atoms with Crippen molar-refractivity contribution in [2.24, 2.45) is 0 Å². The van der Waals surface area contributed by atoms with Gasteiger partial charge in [0.05, 0.1) is 10.7 Å². The normalized spacial score (nSPS) is 10.2. The molecule has 0 amide bonds. The molecule has 0 unspecified atom stereocenters. The highest BCUT2D eigenvalue weighted by molar-refractivity contribution is 7.98. The van der Waals surface area contributed by atoms with Crippen LogP contribution in [0.4, 0.5) is 5.69 Å². The Hall–Kier alpha value is -0.340. The van der Waals surface area contributed by atoms with Gasteiger partial charge >= 0.3 is 0 Å². The molecule has 0 saturated heterocycles. The van der Waals surface area contributed by atoms with Gasteiger partial charge in [-0.2, -0.15) is 11.8 Å². The van der Waals surface area contributed by atoms with Crippen LogP contribution < -0.4 is 5.32 Å². The minimum Gasteiger partial charge on any atom is -0.384 e. The molecule has 0 aliphatic heterocycles. The van der Waals surface area contributed by atoms with Crippen LogP contribution in [0, 0.1) is 6.92 Å². The molecule has 1 aromatic carbocycles. The number of anilines is 1. The molecule has 1 nitrogen and oxygen atoms in total. The summed E-state index contributed by atoms with van der Waals surface area (Å²) < 4.78 is 0. The van der Waals surface area contributed by atoms with E-state index in [1.807, 2.05) is 23.9 Å². The molecule has 0 saturated carbocycles. The molecular weight excluding hydrogens is 214 g/mol. The monoisotopic (exact) mass is 229 g/mol. The molecule has 0 radical (unpaired) electrons. The number of hydrogen-bond acceptors (Lipinski definition) is 2. The van der Waals surface area contributed by atoms with E-state index in [9.17, 15) is 0 Å². The van der Waals surface area contributed by atoms with Gasteiger partial charge in [0.1, 0.15) is 0 Å². The van der Waals surface area contributed by atoms with E-state index in [1.54, 1.807) is 0 Å². The first-order valence-corrected chi connectivity index (χ1v) is 6.50. The van der Waals surface area contributed by atoms with Crippen molar-refractivity contribution in [3.8, 4) is 0 Å². The number of thioether (sulfide) groups is 1. The molecule has 1 rings (SSSR count). The van der Waals surface area contributed by atoms with E-state index in [4.69, 9.17) is 11.6 Å². The molecule has 0 aliphatic rings. The fourth-order valence-corrected chi connectivity index (χ4v) is 1.83. The Kier molecular flexibility index (Phi) is 5.20. The zero-order valence-electron chi connectivity index (χ0n) is 8.64. The van der Waals surface area contributed by atoms with Gasteiger partial charge in [0, 0.05) is 6.54 Å². The second-order valence-corrected chi connectivity index (χ2v) is 4.65. The zero-order chi connectivity index (χ0) is 10.4. The molecule has 14 heavy (non-hydrogen) atoms. The fourth-order valence-electron chi connectivity index (χ4n) is 1.21. The third-order valence-electron chi connectivity index (χ3n) is 1.96. The van der Waals surface area contributed by atoms with Gasteiger partial charge in [-0.05, 0) is 43.0 Å². The summed E-state index contributed by atoms with van der Waals surface area (Å²) in [4.78, 5) is 0. The van der Waals surface area contributed by atoms with Gasteiger partial charge in [-0.1, -0.05) is 17.7 Å². The van der Waals surface area contributed by atoms with Crippen LogP contribution in [0.25, 0.3) is 0 Å². The summed E-state index contributed by atoms with van der Waals surface area (Å²) in [5.41, 5.74) is 2.29. The Morgan fingerprint density at radius 2 is 2.21 bits per heavy atom. The predicted molar refractivity (Wildman–Crippen MR) is 67.7 cm³/mol. The van der Waals surface area contributed by atoms with E-state index in [1.165, 1.54) is 17.7 Å². The molecule has 0 atom stereocenters. The second kappa shape index (κ2) is 6.20. The Balaban J connectivity index is 2.45. The van der Waals surface area contributed by atoms with Crippen LogP contribution in [0.2, 0.25) is 5.02 Å². The van der Waals surface area contributed by atoms with Crippen LogP contribution in [0.15, 0.2) is 18.2 Å². The van der Waals surface area contributed by atoms with Gasteiger partial charge in [-0.25, -0.2) is 0 Å². The Bertz CT molecular complexity index is 289. The zero-order valence-corrected chi connectivity index (χ0v) is 10.2. The highest BCUT2D eigenvalue weighted by atomic mass is 35.5. The van der Waals surface area contributed by atoms with Crippen molar-refractivity contribution in [1.29, 1.82) is 0 Å². The van der Waals surface area contributed by atoms with Gasteiger partial charge < -0.3 is 5.32 Å². The lowest BCUT2D eigenvalue weighted by atomic mass is 10.2. The van der Waals surface area contributed by atoms with Crippen LogP contribution in [0.1, 0.15) is 12.0 Å². The third-order valence-corrected chi connectivity index (χ3v) is 2.99. The second-order valence-electron chi connectivity index (χ2n) is 3.26. The van der Waals surface area contributed by atoms with Gasteiger partial charge in [-0.15, -0.1) is 0 Å². The maximum atomic E-state index is 6.04. The molecule has 0 fully saturated rings. The summed E-state index contributed by atoms with van der Waals surface area (Å²) in [6, 6.07) is 6.05. The molecule has 1 N–H and O–H groups in total. The molecule has 0 aliphatic carbocycles. The van der Waals surface area contributed by atoms with Crippen LogP contribution in [-0.2, 0) is 0 Å². The van der Waals surface area contributed by atoms with Crippen LogP contribution in [-0.4, -0.2) is 18.6 Å². The largest absolute Gasteiger partial charge is 0.384 e. The highest BCUT2D eigenvalue weighted by Crippen LogP contribution is 2.22. The number of hydrogen-bond donors (Lipinski definition) is 1. The first-order chi connectivity index (χ1) is 6.74. The summed E-state index contributed by atoms with van der Waals surface area (Å²) in [5, 5.41) is 4.15. The Morgan fingerprint density at radius 1 is 1.43 bits per heavy atom. The fraction of sp³-hybridized carbons (Fsp3) is 0.455. The summed E-state index contributed by atoms with van der Waals surface area (Å²) >= 11 is 7.91. The van der Waals surface area contributed by atoms with Gasteiger partial charge in [0.15, 0.2) is 0 Å². The number of nitrogens with one attached hydrogen (secondary N) is 1. The maximum Gasteiger partial charge on any atom is 0.0637 e. The molecule has 0 spiro atoms. The number of halogens is 1. The van der Waals surface area contributed by atoms with E-state index in [-0.39, 0.29) is 0 Å². The summed E-state index contributed by atoms with van der Waals surface area (Å²) in [7, 11) is 0. The van der Waals surface area contributed by atoms with Gasteiger partial charge in [0.25, 0.3) is 0 Å². The minimum atomic E-state index is 0.805. The van der Waals surface area contributed by atoms with Crippen molar-refractivity contribution in [2.75, 3.05) is 23.9 Å². The van der Waals surface area contributed by atoms with E-state index >= 15 is 0 Å². The van der Waals surface area contributed by atoms with Crippen LogP contribution >= 0.6 is 23.4 Å². The van der Waals surface area contributed by atoms with Crippen LogP contribution in [0.5, 0.6) is 0 Å². The minimum absolute atomic E-state index is 0.805. The topological polar surface area (TPSA) is 12.0 Å². The summed E-state index contributed by atoms with van der Waals surface area (Å²) in [5.74, 6) is 1.19. The average Bonchev–Trinajstić information content (AvgIpc) is 2.18. The number of rotatable bonds is 5. The van der Waals surface area contributed by atoms with E-state index in [0.717, 1.165) is 17.3 Å². The molecule has 3 heteroatoms. The van der Waals surface area contributed by atoms with Crippen molar-refractivity contribution < 1.29 is 0 Å².